The van der Waals surface area contributed by atoms with Crippen LogP contribution >= 0.6 is 0 Å². The van der Waals surface area contributed by atoms with E-state index in [-0.39, 0.29) is 17.5 Å². The number of likely N-dealkylation sites (tertiary alicyclic amines) is 1. The second kappa shape index (κ2) is 6.52. The van der Waals surface area contributed by atoms with E-state index in [4.69, 9.17) is 0 Å². The highest BCUT2D eigenvalue weighted by atomic mass is 16.2. The molecule has 2 atom stereocenters. The highest BCUT2D eigenvalue weighted by Gasteiger charge is 2.44. The zero-order valence-corrected chi connectivity index (χ0v) is 16.9. The molecule has 0 N–H and O–H groups in total. The molecule has 1 fully saturated rings. The minimum absolute atomic E-state index is 0.119. The van der Waals surface area contributed by atoms with Crippen LogP contribution in [0.4, 0.5) is 5.69 Å². The Kier molecular flexibility index (Phi) is 4.06. The number of benzene rings is 2. The first kappa shape index (κ1) is 18.1. The third-order valence-electron chi connectivity index (χ3n) is 6.33. The molecule has 1 amide bonds. The highest BCUT2D eigenvalue weighted by molar-refractivity contribution is 6.13. The summed E-state index contributed by atoms with van der Waals surface area (Å²) in [7, 11) is 3.74. The van der Waals surface area contributed by atoms with Crippen molar-refractivity contribution in [3.05, 3.63) is 69.6 Å². The second-order valence-corrected chi connectivity index (χ2v) is 8.29. The van der Waals surface area contributed by atoms with Crippen molar-refractivity contribution in [1.29, 1.82) is 0 Å². The number of carbonyl (C=O) groups is 1. The fourth-order valence-corrected chi connectivity index (χ4v) is 4.92. The molecule has 1 aromatic heterocycles. The summed E-state index contributed by atoms with van der Waals surface area (Å²) >= 11 is 0. The maximum Gasteiger partial charge on any atom is 0.279 e. The van der Waals surface area contributed by atoms with E-state index in [2.05, 4.69) is 42.2 Å². The number of hydrogen-bond acceptors (Lipinski definition) is 4. The molecule has 3 aromatic rings. The molecule has 0 aliphatic carbocycles. The number of aryl methyl sites for hydroxylation is 2. The van der Waals surface area contributed by atoms with Gasteiger partial charge in [-0.3, -0.25) is 9.59 Å². The Hall–Kier alpha value is -2.99. The molecule has 0 unspecified atom stereocenters. The molecule has 2 aliphatic rings. The number of aromatic nitrogens is 2. The Labute approximate surface area is 169 Å². The van der Waals surface area contributed by atoms with Gasteiger partial charge in [-0.25, -0.2) is 4.68 Å². The van der Waals surface area contributed by atoms with E-state index in [1.807, 2.05) is 23.1 Å². The summed E-state index contributed by atoms with van der Waals surface area (Å²) in [5.41, 5.74) is 3.57. The number of amides is 1. The van der Waals surface area contributed by atoms with Gasteiger partial charge in [0.1, 0.15) is 0 Å². The molecule has 148 valence electrons. The van der Waals surface area contributed by atoms with E-state index in [9.17, 15) is 9.59 Å². The maximum absolute atomic E-state index is 13.8. The van der Waals surface area contributed by atoms with E-state index in [1.165, 1.54) is 15.8 Å². The standard InChI is InChI=1S/C23H24N4O2/c1-14-8-9-19-17(12-14)18-13-25(2)11-10-20(18)27(19)23(29)21-15-6-4-5-7-16(15)22(28)26(3)24-21/h4-9,12,18,20H,10-11,13H2,1-3H3/t18-,20+/m1/s1. The molecule has 29 heavy (non-hydrogen) atoms. The van der Waals surface area contributed by atoms with Crippen molar-refractivity contribution in [2.75, 3.05) is 25.0 Å². The number of hydrogen-bond donors (Lipinski definition) is 0. The molecular formula is C23H24N4O2. The Morgan fingerprint density at radius 2 is 1.86 bits per heavy atom. The van der Waals surface area contributed by atoms with E-state index >= 15 is 0 Å². The Morgan fingerprint density at radius 1 is 1.10 bits per heavy atom. The van der Waals surface area contributed by atoms with Crippen molar-refractivity contribution in [3.63, 3.8) is 0 Å². The topological polar surface area (TPSA) is 58.4 Å². The Bertz CT molecular complexity index is 1200. The number of nitrogens with zero attached hydrogens (tertiary/aromatic N) is 4. The van der Waals surface area contributed by atoms with Crippen LogP contribution in [0.5, 0.6) is 0 Å². The molecule has 0 saturated carbocycles. The summed E-state index contributed by atoms with van der Waals surface area (Å²) in [6.45, 7) is 3.99. The molecule has 0 bridgehead atoms. The molecule has 6 nitrogen and oxygen atoms in total. The van der Waals surface area contributed by atoms with Crippen LogP contribution in [-0.4, -0.2) is 46.8 Å². The lowest BCUT2D eigenvalue weighted by Crippen LogP contribution is -2.47. The summed E-state index contributed by atoms with van der Waals surface area (Å²) in [5.74, 6) is 0.172. The van der Waals surface area contributed by atoms with Gasteiger partial charge in [0.15, 0.2) is 5.69 Å². The van der Waals surface area contributed by atoms with Crippen molar-refractivity contribution in [3.8, 4) is 0 Å². The van der Waals surface area contributed by atoms with Crippen LogP contribution in [0.25, 0.3) is 10.8 Å². The highest BCUT2D eigenvalue weighted by Crippen LogP contribution is 2.45. The summed E-state index contributed by atoms with van der Waals surface area (Å²) in [6, 6.07) is 13.7. The van der Waals surface area contributed by atoms with Crippen LogP contribution in [0.2, 0.25) is 0 Å². The third kappa shape index (κ3) is 2.70. The first-order chi connectivity index (χ1) is 14.0. The van der Waals surface area contributed by atoms with Crippen LogP contribution in [0.15, 0.2) is 47.3 Å². The zero-order valence-electron chi connectivity index (χ0n) is 16.9. The van der Waals surface area contributed by atoms with Crippen molar-refractivity contribution < 1.29 is 4.79 Å². The van der Waals surface area contributed by atoms with Gasteiger partial charge in [0.25, 0.3) is 11.5 Å². The van der Waals surface area contributed by atoms with E-state index < -0.39 is 0 Å². The van der Waals surface area contributed by atoms with Crippen LogP contribution in [0.3, 0.4) is 0 Å². The lowest BCUT2D eigenvalue weighted by atomic mass is 9.89. The monoisotopic (exact) mass is 388 g/mol. The van der Waals surface area contributed by atoms with Crippen LogP contribution in [0.1, 0.15) is 34.0 Å². The van der Waals surface area contributed by atoms with Gasteiger partial charge in [-0.15, -0.1) is 0 Å². The molecular weight excluding hydrogens is 364 g/mol. The Balaban J connectivity index is 1.69. The van der Waals surface area contributed by atoms with E-state index in [0.29, 0.717) is 22.4 Å². The summed E-state index contributed by atoms with van der Waals surface area (Å²) in [4.78, 5) is 30.6. The summed E-state index contributed by atoms with van der Waals surface area (Å²) in [5, 5.41) is 5.53. The molecule has 3 heterocycles. The van der Waals surface area contributed by atoms with Crippen molar-refractivity contribution in [2.24, 2.45) is 7.05 Å². The maximum atomic E-state index is 13.8. The zero-order chi connectivity index (χ0) is 20.3. The van der Waals surface area contributed by atoms with Gasteiger partial charge in [-0.05, 0) is 44.6 Å². The largest absolute Gasteiger partial charge is 0.306 e. The van der Waals surface area contributed by atoms with Gasteiger partial charge in [-0.1, -0.05) is 35.9 Å². The molecule has 0 spiro atoms. The number of fused-ring (bicyclic) bond motifs is 4. The van der Waals surface area contributed by atoms with Gasteiger partial charge < -0.3 is 9.80 Å². The molecule has 6 heteroatoms. The predicted octanol–water partition coefficient (Wildman–Crippen LogP) is 2.69. The van der Waals surface area contributed by atoms with Crippen molar-refractivity contribution >= 4 is 22.4 Å². The lowest BCUT2D eigenvalue weighted by molar-refractivity contribution is 0.0959. The molecule has 2 aromatic carbocycles. The molecule has 2 aliphatic heterocycles. The minimum atomic E-state index is -0.188. The number of likely N-dealkylation sites (N-methyl/N-ethyl adjacent to an activating group) is 1. The van der Waals surface area contributed by atoms with Crippen LogP contribution in [0, 0.1) is 6.92 Å². The van der Waals surface area contributed by atoms with Crippen molar-refractivity contribution in [2.45, 2.75) is 25.3 Å². The smallest absolute Gasteiger partial charge is 0.279 e. The minimum Gasteiger partial charge on any atom is -0.306 e. The van der Waals surface area contributed by atoms with Gasteiger partial charge in [0, 0.05) is 36.6 Å². The SMILES string of the molecule is Cc1ccc2c(c1)[C@H]1CN(C)CC[C@@H]1N2C(=O)c1nn(C)c(=O)c2ccccc12. The van der Waals surface area contributed by atoms with E-state index in [0.717, 1.165) is 25.2 Å². The van der Waals surface area contributed by atoms with Gasteiger partial charge in [0.2, 0.25) is 0 Å². The molecule has 0 radical (unpaired) electrons. The first-order valence-corrected chi connectivity index (χ1v) is 10.0. The quantitative estimate of drug-likeness (QED) is 0.643. The third-order valence-corrected chi connectivity index (χ3v) is 6.33. The number of piperidine rings is 1. The van der Waals surface area contributed by atoms with Gasteiger partial charge in [-0.2, -0.15) is 5.10 Å². The average molecular weight is 388 g/mol. The Morgan fingerprint density at radius 3 is 2.66 bits per heavy atom. The number of rotatable bonds is 1. The van der Waals surface area contributed by atoms with Crippen molar-refractivity contribution in [1.82, 2.24) is 14.7 Å². The fraction of sp³-hybridized carbons (Fsp3) is 0.348. The lowest BCUT2D eigenvalue weighted by Gasteiger charge is -2.36. The van der Waals surface area contributed by atoms with Gasteiger partial charge in [0.05, 0.1) is 5.39 Å². The van der Waals surface area contributed by atoms with E-state index in [1.54, 1.807) is 13.1 Å². The van der Waals surface area contributed by atoms with Crippen LogP contribution < -0.4 is 10.5 Å². The second-order valence-electron chi connectivity index (χ2n) is 8.29. The summed E-state index contributed by atoms with van der Waals surface area (Å²) < 4.78 is 1.27. The number of carbonyl (C=O) groups excluding carboxylic acids is 1. The summed E-state index contributed by atoms with van der Waals surface area (Å²) in [6.07, 6.45) is 0.921. The normalized spacial score (nSPS) is 21.3. The van der Waals surface area contributed by atoms with Crippen LogP contribution in [-0.2, 0) is 7.05 Å². The fourth-order valence-electron chi connectivity index (χ4n) is 4.92. The average Bonchev–Trinajstić information content (AvgIpc) is 3.03. The van der Waals surface area contributed by atoms with Gasteiger partial charge >= 0.3 is 0 Å². The predicted molar refractivity (Wildman–Crippen MR) is 114 cm³/mol. The molecule has 5 rings (SSSR count). The first-order valence-electron chi connectivity index (χ1n) is 10.0. The molecule has 1 saturated heterocycles. The number of anilines is 1.